The summed E-state index contributed by atoms with van der Waals surface area (Å²) in [4.78, 5) is 19.8. The molecule has 1 aliphatic heterocycles. The monoisotopic (exact) mass is 493 g/mol. The van der Waals surface area contributed by atoms with Crippen molar-refractivity contribution in [2.75, 3.05) is 40.6 Å². The van der Waals surface area contributed by atoms with Crippen LogP contribution in [0.3, 0.4) is 0 Å². The average Bonchev–Trinajstić information content (AvgIpc) is 3.42. The second-order valence-electron chi connectivity index (χ2n) is 9.51. The zero-order valence-electron chi connectivity index (χ0n) is 21.1. The van der Waals surface area contributed by atoms with E-state index < -0.39 is 12.7 Å². The van der Waals surface area contributed by atoms with Crippen molar-refractivity contribution < 1.29 is 18.7 Å². The maximum atomic E-state index is 13.2. The highest BCUT2D eigenvalue weighted by Crippen LogP contribution is 2.37. The Morgan fingerprint density at radius 3 is 2.75 bits per heavy atom. The fraction of sp³-hybridized carbons (Fsp3) is 0.407. The first-order chi connectivity index (χ1) is 17.4. The van der Waals surface area contributed by atoms with Crippen LogP contribution in [-0.4, -0.2) is 71.6 Å². The summed E-state index contributed by atoms with van der Waals surface area (Å²) in [5.74, 6) is 1.45. The molecule has 2 aromatic heterocycles. The highest BCUT2D eigenvalue weighted by Gasteiger charge is 2.28. The molecule has 2 N–H and O–H groups in total. The normalized spacial score (nSPS) is 15.5. The van der Waals surface area contributed by atoms with Crippen molar-refractivity contribution in [2.24, 2.45) is 12.8 Å². The van der Waals surface area contributed by atoms with Crippen molar-refractivity contribution >= 4 is 27.8 Å². The van der Waals surface area contributed by atoms with E-state index in [-0.39, 0.29) is 18.5 Å². The quantitative estimate of drug-likeness (QED) is 0.404. The van der Waals surface area contributed by atoms with Gasteiger partial charge in [-0.15, -0.1) is 0 Å². The second kappa shape index (κ2) is 9.55. The number of aromatic nitrogens is 3. The van der Waals surface area contributed by atoms with Gasteiger partial charge in [0, 0.05) is 38.2 Å². The topological polar surface area (TPSA) is 87.5 Å². The van der Waals surface area contributed by atoms with Crippen LogP contribution in [-0.2, 0) is 18.2 Å². The van der Waals surface area contributed by atoms with Crippen LogP contribution in [0.5, 0.6) is 5.75 Å². The number of nitrogens with two attached hydrogens (primary N) is 1. The second-order valence-corrected chi connectivity index (χ2v) is 9.51. The molecule has 0 radical (unpaired) electrons. The first-order valence-electron chi connectivity index (χ1n) is 12.1. The van der Waals surface area contributed by atoms with Gasteiger partial charge in [0.15, 0.2) is 5.82 Å². The van der Waals surface area contributed by atoms with Crippen molar-refractivity contribution in [3.05, 3.63) is 47.5 Å². The molecule has 2 aromatic carbocycles. The summed E-state index contributed by atoms with van der Waals surface area (Å²) in [5, 5.41) is 1.05. The third-order valence-corrected chi connectivity index (χ3v) is 7.05. The van der Waals surface area contributed by atoms with Gasteiger partial charge in [0.05, 0.1) is 48.0 Å². The number of aryl methyl sites for hydroxylation is 1. The Bertz CT molecular complexity index is 1440. The molecule has 3 heterocycles. The molecule has 4 aromatic rings. The number of benzene rings is 2. The molecule has 0 saturated heterocycles. The van der Waals surface area contributed by atoms with E-state index in [0.29, 0.717) is 25.1 Å². The Hall–Kier alpha value is -3.43. The minimum atomic E-state index is -0.673. The lowest BCUT2D eigenvalue weighted by molar-refractivity contribution is 0.0725. The van der Waals surface area contributed by atoms with Crippen molar-refractivity contribution in [3.8, 4) is 17.3 Å². The number of carbonyl (C=O) groups excluding carboxylic acids is 1. The lowest BCUT2D eigenvalue weighted by Crippen LogP contribution is -2.45. The summed E-state index contributed by atoms with van der Waals surface area (Å²) in [5.41, 5.74) is 11.0. The Morgan fingerprint density at radius 1 is 1.22 bits per heavy atom. The van der Waals surface area contributed by atoms with Gasteiger partial charge in [-0.1, -0.05) is 12.1 Å². The number of alkyl halides is 1. The van der Waals surface area contributed by atoms with E-state index in [1.54, 1.807) is 19.1 Å². The van der Waals surface area contributed by atoms with E-state index in [0.717, 1.165) is 44.8 Å². The highest BCUT2D eigenvalue weighted by atomic mass is 19.1. The van der Waals surface area contributed by atoms with Crippen LogP contribution < -0.4 is 10.5 Å². The molecule has 1 aliphatic rings. The third-order valence-electron chi connectivity index (χ3n) is 7.05. The van der Waals surface area contributed by atoms with Crippen LogP contribution in [0.15, 0.2) is 36.4 Å². The van der Waals surface area contributed by atoms with Gasteiger partial charge in [-0.2, -0.15) is 0 Å². The predicted molar refractivity (Wildman–Crippen MR) is 138 cm³/mol. The van der Waals surface area contributed by atoms with Crippen LogP contribution in [0.25, 0.3) is 33.5 Å². The number of methoxy groups -OCH3 is 2. The van der Waals surface area contributed by atoms with Gasteiger partial charge >= 0.3 is 0 Å². The smallest absolute Gasteiger partial charge is 0.254 e. The van der Waals surface area contributed by atoms with Crippen molar-refractivity contribution in [3.63, 3.8) is 0 Å². The molecular weight excluding hydrogens is 461 g/mol. The van der Waals surface area contributed by atoms with Crippen LogP contribution in [0.4, 0.5) is 4.39 Å². The number of carbonyl (C=O) groups is 1. The Balaban J connectivity index is 1.65. The molecule has 190 valence electrons. The summed E-state index contributed by atoms with van der Waals surface area (Å²) >= 11 is 0. The number of fused-ring (bicyclic) bond motifs is 3. The molecule has 8 nitrogen and oxygen atoms in total. The van der Waals surface area contributed by atoms with Crippen LogP contribution in [0.1, 0.15) is 28.9 Å². The number of imidazole rings is 1. The van der Waals surface area contributed by atoms with Gasteiger partial charge < -0.3 is 29.2 Å². The van der Waals surface area contributed by atoms with E-state index in [2.05, 4.69) is 34.3 Å². The van der Waals surface area contributed by atoms with Gasteiger partial charge in [-0.05, 0) is 43.2 Å². The lowest BCUT2D eigenvalue weighted by Gasteiger charge is -2.30. The van der Waals surface area contributed by atoms with Gasteiger partial charge in [0.25, 0.3) is 5.91 Å². The molecule has 2 atom stereocenters. The fourth-order valence-corrected chi connectivity index (χ4v) is 5.31. The third kappa shape index (κ3) is 3.92. The molecule has 0 spiro atoms. The van der Waals surface area contributed by atoms with Crippen molar-refractivity contribution in [2.45, 2.75) is 25.4 Å². The van der Waals surface area contributed by atoms with E-state index in [1.165, 1.54) is 0 Å². The molecule has 0 bridgehead atoms. The van der Waals surface area contributed by atoms with Crippen molar-refractivity contribution in [1.29, 1.82) is 0 Å². The minimum absolute atomic E-state index is 0.0293. The largest absolute Gasteiger partial charge is 0.495 e. The molecule has 1 unspecified atom stereocenters. The number of ether oxygens (including phenoxy) is 2. The van der Waals surface area contributed by atoms with Crippen molar-refractivity contribution in [1.82, 2.24) is 19.0 Å². The summed E-state index contributed by atoms with van der Waals surface area (Å²) in [6, 6.07) is 11.4. The van der Waals surface area contributed by atoms with E-state index in [4.69, 9.17) is 20.2 Å². The predicted octanol–water partition coefficient (Wildman–Crippen LogP) is 3.71. The summed E-state index contributed by atoms with van der Waals surface area (Å²) < 4.78 is 28.4. The first kappa shape index (κ1) is 24.3. The van der Waals surface area contributed by atoms with Gasteiger partial charge in [0.1, 0.15) is 12.4 Å². The molecule has 0 aliphatic carbocycles. The molecule has 5 rings (SSSR count). The zero-order chi connectivity index (χ0) is 25.6. The fourth-order valence-electron chi connectivity index (χ4n) is 5.31. The Labute approximate surface area is 209 Å². The minimum Gasteiger partial charge on any atom is -0.495 e. The first-order valence-corrected chi connectivity index (χ1v) is 12.1. The number of hydrogen-bond acceptors (Lipinski definition) is 5. The number of halogens is 1. The molecule has 9 heteroatoms. The van der Waals surface area contributed by atoms with E-state index in [1.807, 2.05) is 25.2 Å². The SMILES string of the molecule is COCC(C)n1c(-c2nc3cc4c(cc3n2C)CCN(C[C@H](N)CF)C4=O)cc2cccc(OC)c21. The standard InChI is InChI=1S/C27H32FN5O3/c1-16(15-35-3)33-23(11-18-6-5-7-24(36-4)25(18)33)26-30-21-12-20-17(10-22(21)31(26)2)8-9-32(27(20)34)14-19(29)13-28/h5-7,10-12,16,19H,8-9,13-15,29H2,1-4H3/t16?,19-/m1/s1. The molecule has 1 amide bonds. The van der Waals surface area contributed by atoms with Gasteiger partial charge in [-0.3, -0.25) is 4.79 Å². The Kier molecular flexibility index (Phi) is 6.44. The molecule has 0 fully saturated rings. The highest BCUT2D eigenvalue weighted by molar-refractivity contribution is 6.01. The number of nitrogens with zero attached hydrogens (tertiary/aromatic N) is 4. The lowest BCUT2D eigenvalue weighted by atomic mass is 9.97. The number of amides is 1. The van der Waals surface area contributed by atoms with Gasteiger partial charge in [0.2, 0.25) is 0 Å². The molecule has 0 saturated carbocycles. The number of para-hydroxylation sites is 1. The van der Waals surface area contributed by atoms with E-state index in [9.17, 15) is 9.18 Å². The number of hydrogen-bond donors (Lipinski definition) is 1. The summed E-state index contributed by atoms with van der Waals surface area (Å²) in [6.07, 6.45) is 0.693. The van der Waals surface area contributed by atoms with Crippen LogP contribution in [0, 0.1) is 0 Å². The average molecular weight is 494 g/mol. The van der Waals surface area contributed by atoms with Crippen LogP contribution >= 0.6 is 0 Å². The summed E-state index contributed by atoms with van der Waals surface area (Å²) in [7, 11) is 5.36. The van der Waals surface area contributed by atoms with Crippen LogP contribution in [0.2, 0.25) is 0 Å². The maximum Gasteiger partial charge on any atom is 0.254 e. The summed E-state index contributed by atoms with van der Waals surface area (Å²) in [6.45, 7) is 2.71. The van der Waals surface area contributed by atoms with E-state index >= 15 is 0 Å². The zero-order valence-corrected chi connectivity index (χ0v) is 21.1. The number of rotatable bonds is 8. The molecular formula is C27H32FN5O3. The van der Waals surface area contributed by atoms with Gasteiger partial charge in [-0.25, -0.2) is 9.37 Å². The maximum absolute atomic E-state index is 13.2. The Morgan fingerprint density at radius 2 is 2.03 bits per heavy atom. The molecule has 36 heavy (non-hydrogen) atoms.